The predicted octanol–water partition coefficient (Wildman–Crippen LogP) is -0.917. The monoisotopic (exact) mass is 406 g/mol. The van der Waals surface area contributed by atoms with Gasteiger partial charge in [0, 0.05) is 0 Å². The summed E-state index contributed by atoms with van der Waals surface area (Å²) in [7, 11) is 0. The maximum atomic E-state index is 12.1. The van der Waals surface area contributed by atoms with Gasteiger partial charge in [-0.15, -0.1) is 0 Å². The highest BCUT2D eigenvalue weighted by Crippen LogP contribution is 2.39. The van der Waals surface area contributed by atoms with Gasteiger partial charge in [0.1, 0.15) is 49.2 Å². The van der Waals surface area contributed by atoms with Crippen LogP contribution in [0.3, 0.4) is 0 Å². The fourth-order valence-electron chi connectivity index (χ4n) is 2.84. The Kier molecular flexibility index (Phi) is 6.44. The number of hydrogen-bond acceptors (Lipinski definition) is 8. The van der Waals surface area contributed by atoms with E-state index in [1.54, 1.807) is 20.8 Å². The van der Waals surface area contributed by atoms with Crippen molar-refractivity contribution in [2.24, 2.45) is 21.9 Å². The van der Waals surface area contributed by atoms with Gasteiger partial charge in [0.05, 0.1) is 11.4 Å². The Hall–Kier alpha value is -2.78. The third kappa shape index (κ3) is 4.30. The molecule has 11 heteroatoms. The quantitative estimate of drug-likeness (QED) is 0.197. The molecule has 0 unspecified atom stereocenters. The molecule has 0 amide bonds. The summed E-state index contributed by atoms with van der Waals surface area (Å²) in [6.07, 6.45) is -3.51. The topological polar surface area (TPSA) is 204 Å². The highest BCUT2D eigenvalue weighted by molar-refractivity contribution is 5.99. The van der Waals surface area contributed by atoms with Crippen LogP contribution >= 0.6 is 0 Å². The van der Waals surface area contributed by atoms with Crippen molar-refractivity contribution in [1.29, 1.82) is 10.7 Å². The van der Waals surface area contributed by atoms with Crippen molar-refractivity contribution in [2.45, 2.75) is 50.7 Å². The summed E-state index contributed by atoms with van der Waals surface area (Å²) >= 11 is 0. The van der Waals surface area contributed by atoms with Gasteiger partial charge in [-0.2, -0.15) is 5.26 Å². The molecule has 0 radical (unpaired) electrons. The Labute approximate surface area is 167 Å². The van der Waals surface area contributed by atoms with Gasteiger partial charge >= 0.3 is 5.97 Å². The first kappa shape index (κ1) is 22.5. The van der Waals surface area contributed by atoms with Gasteiger partial charge in [-0.05, 0) is 17.5 Å². The van der Waals surface area contributed by atoms with Crippen molar-refractivity contribution < 1.29 is 24.5 Å². The number of H-pyrrole nitrogens is 1. The van der Waals surface area contributed by atoms with Gasteiger partial charge in [-0.3, -0.25) is 10.2 Å². The van der Waals surface area contributed by atoms with E-state index in [1.807, 2.05) is 6.07 Å². The predicted molar refractivity (Wildman–Crippen MR) is 103 cm³/mol. The van der Waals surface area contributed by atoms with Crippen molar-refractivity contribution in [3.63, 3.8) is 0 Å². The molecule has 2 rings (SSSR count). The molecule has 5 atom stereocenters. The molecule has 2 heterocycles. The van der Waals surface area contributed by atoms with Crippen LogP contribution in [0, 0.1) is 22.2 Å². The van der Waals surface area contributed by atoms with Gasteiger partial charge in [0.15, 0.2) is 0 Å². The van der Waals surface area contributed by atoms with E-state index in [9.17, 15) is 20.3 Å². The standard InChI is InChI=1S/C18H26N6O5/c1-17(2,3)13(21)16(27)28-6-10-12(25)14(26)18(7-19,29-10)11-5-4-9(24-11)15(22)23-8-20/h4-5,8,10,12-14,24-26H,6,21H2,1-3H3,(H3,20,22,23)/t10-,12-,13+,14-,18+/m1/s1. The highest BCUT2D eigenvalue weighted by atomic mass is 16.6. The van der Waals surface area contributed by atoms with E-state index >= 15 is 0 Å². The molecule has 29 heavy (non-hydrogen) atoms. The Morgan fingerprint density at radius 1 is 1.55 bits per heavy atom. The number of nitrogens with zero attached hydrogens (tertiary/aromatic N) is 2. The van der Waals surface area contributed by atoms with E-state index in [-0.39, 0.29) is 11.5 Å². The van der Waals surface area contributed by atoms with Crippen molar-refractivity contribution >= 4 is 18.1 Å². The minimum Gasteiger partial charge on any atom is -0.462 e. The largest absolute Gasteiger partial charge is 0.462 e. The van der Waals surface area contributed by atoms with E-state index in [4.69, 9.17) is 26.4 Å². The summed E-state index contributed by atoms with van der Waals surface area (Å²) in [5.74, 6) is -0.691. The van der Waals surface area contributed by atoms with Crippen LogP contribution in [0.2, 0.25) is 0 Å². The van der Waals surface area contributed by atoms with Gasteiger partial charge in [0.25, 0.3) is 0 Å². The second-order valence-electron chi connectivity index (χ2n) is 7.84. The van der Waals surface area contributed by atoms with Gasteiger partial charge in [0.2, 0.25) is 5.60 Å². The molecule has 0 spiro atoms. The zero-order valence-electron chi connectivity index (χ0n) is 16.4. The molecule has 8 N–H and O–H groups in total. The van der Waals surface area contributed by atoms with E-state index in [1.165, 1.54) is 12.1 Å². The average molecular weight is 406 g/mol. The number of nitrogens with one attached hydrogen (secondary N) is 2. The Bertz CT molecular complexity index is 839. The molecular weight excluding hydrogens is 380 g/mol. The van der Waals surface area contributed by atoms with Gasteiger partial charge < -0.3 is 36.1 Å². The summed E-state index contributed by atoms with van der Waals surface area (Å²) in [4.78, 5) is 18.5. The summed E-state index contributed by atoms with van der Waals surface area (Å²) in [6.45, 7) is 4.94. The first-order chi connectivity index (χ1) is 13.5. The molecule has 1 aliphatic rings. The van der Waals surface area contributed by atoms with Crippen LogP contribution in [-0.2, 0) is 19.9 Å². The number of amidine groups is 1. The zero-order valence-corrected chi connectivity index (χ0v) is 16.4. The molecule has 1 aromatic heterocycles. The third-order valence-electron chi connectivity index (χ3n) is 4.77. The SMILES string of the molecule is CC(C)(C)[C@@H](N)C(=O)OC[C@H]1O[C@@](C#N)(c2ccc(/C(N)=N\C=N)[nH]2)[C@H](O)[C@@H]1O. The van der Waals surface area contributed by atoms with Crippen LogP contribution in [0.5, 0.6) is 0 Å². The van der Waals surface area contributed by atoms with E-state index in [0.717, 1.165) is 6.34 Å². The van der Waals surface area contributed by atoms with Gasteiger partial charge in [-0.25, -0.2) is 4.99 Å². The fourth-order valence-corrected chi connectivity index (χ4v) is 2.84. The molecule has 0 saturated carbocycles. The maximum absolute atomic E-state index is 12.1. The van der Waals surface area contributed by atoms with Crippen molar-refractivity contribution in [3.05, 3.63) is 23.5 Å². The minimum atomic E-state index is -1.94. The molecule has 0 aliphatic carbocycles. The average Bonchev–Trinajstić information content (AvgIpc) is 3.24. The summed E-state index contributed by atoms with van der Waals surface area (Å²) < 4.78 is 10.8. The minimum absolute atomic E-state index is 0.00553. The molecule has 0 aromatic carbocycles. The molecule has 1 aromatic rings. The van der Waals surface area contributed by atoms with Crippen LogP contribution in [0.4, 0.5) is 0 Å². The number of ether oxygens (including phenoxy) is 2. The van der Waals surface area contributed by atoms with Crippen LogP contribution < -0.4 is 11.5 Å². The highest BCUT2D eigenvalue weighted by Gasteiger charge is 2.57. The Balaban J connectivity index is 2.20. The molecule has 1 fully saturated rings. The summed E-state index contributed by atoms with van der Waals surface area (Å²) in [6, 6.07) is 3.92. The first-order valence-electron chi connectivity index (χ1n) is 8.87. The van der Waals surface area contributed by atoms with E-state index < -0.39 is 47.9 Å². The second kappa shape index (κ2) is 8.30. The van der Waals surface area contributed by atoms with Crippen molar-refractivity contribution in [2.75, 3.05) is 6.61 Å². The zero-order chi connectivity index (χ0) is 22.0. The number of carbonyl (C=O) groups excluding carboxylic acids is 1. The van der Waals surface area contributed by atoms with Crippen LogP contribution in [0.15, 0.2) is 17.1 Å². The lowest BCUT2D eigenvalue weighted by Gasteiger charge is -2.26. The number of hydrogen-bond donors (Lipinski definition) is 6. The Morgan fingerprint density at radius 3 is 2.76 bits per heavy atom. The lowest BCUT2D eigenvalue weighted by atomic mass is 9.87. The van der Waals surface area contributed by atoms with Crippen LogP contribution in [0.25, 0.3) is 0 Å². The number of aliphatic hydroxyl groups excluding tert-OH is 2. The normalized spacial score (nSPS) is 28.6. The maximum Gasteiger partial charge on any atom is 0.323 e. The van der Waals surface area contributed by atoms with Crippen LogP contribution in [0.1, 0.15) is 32.2 Å². The number of aromatic amines is 1. The van der Waals surface area contributed by atoms with Crippen LogP contribution in [-0.4, -0.2) is 64.3 Å². The molecule has 158 valence electrons. The number of nitrogens with two attached hydrogens (primary N) is 2. The molecular formula is C18H26N6O5. The summed E-state index contributed by atoms with van der Waals surface area (Å²) in [5, 5.41) is 37.5. The number of rotatable bonds is 6. The molecule has 11 nitrogen and oxygen atoms in total. The molecule has 1 aliphatic heterocycles. The second-order valence-corrected chi connectivity index (χ2v) is 7.84. The number of aliphatic imine (C=N–C) groups is 1. The molecule has 1 saturated heterocycles. The number of nitriles is 1. The van der Waals surface area contributed by atoms with E-state index in [0.29, 0.717) is 5.69 Å². The first-order valence-corrected chi connectivity index (χ1v) is 8.87. The van der Waals surface area contributed by atoms with Crippen molar-refractivity contribution in [1.82, 2.24) is 4.98 Å². The third-order valence-corrected chi connectivity index (χ3v) is 4.77. The number of carbonyl (C=O) groups is 1. The molecule has 0 bridgehead atoms. The van der Waals surface area contributed by atoms with Crippen molar-refractivity contribution in [3.8, 4) is 6.07 Å². The van der Waals surface area contributed by atoms with E-state index in [2.05, 4.69) is 9.98 Å². The number of aliphatic hydroxyl groups is 2. The lowest BCUT2D eigenvalue weighted by molar-refractivity contribution is -0.154. The number of esters is 1. The lowest BCUT2D eigenvalue weighted by Crippen LogP contribution is -2.44. The smallest absolute Gasteiger partial charge is 0.323 e. The number of aromatic nitrogens is 1. The summed E-state index contributed by atoms with van der Waals surface area (Å²) in [5.41, 5.74) is 9.51. The van der Waals surface area contributed by atoms with Gasteiger partial charge in [-0.1, -0.05) is 20.8 Å². The Morgan fingerprint density at radius 2 is 2.21 bits per heavy atom. The fraction of sp³-hybridized carbons (Fsp3) is 0.556.